The molecule has 0 aromatic rings. The fraction of sp³-hybridized carbons (Fsp3) is 1.00. The van der Waals surface area contributed by atoms with E-state index in [4.69, 9.17) is 5.73 Å². The Hall–Kier alpha value is 0.270. The number of nitrogens with two attached hydrogens (primary N) is 1. The van der Waals surface area contributed by atoms with Crippen LogP contribution in [0.5, 0.6) is 0 Å². The molecule has 0 spiro atoms. The van der Waals surface area contributed by atoms with Crippen molar-refractivity contribution >= 4 is 11.8 Å². The normalized spacial score (nSPS) is 28.8. The molecule has 1 fully saturated rings. The molecule has 1 heterocycles. The van der Waals surface area contributed by atoms with Crippen LogP contribution in [0.25, 0.3) is 0 Å². The molecule has 2 nitrogen and oxygen atoms in total. The van der Waals surface area contributed by atoms with Crippen LogP contribution in [0.3, 0.4) is 0 Å². The zero-order valence-electron chi connectivity index (χ0n) is 6.12. The van der Waals surface area contributed by atoms with Crippen molar-refractivity contribution in [3.63, 3.8) is 0 Å². The minimum Gasteiger partial charge on any atom is -0.393 e. The molecule has 0 aliphatic carbocycles. The van der Waals surface area contributed by atoms with Gasteiger partial charge in [0.1, 0.15) is 0 Å². The molecule has 0 bridgehead atoms. The summed E-state index contributed by atoms with van der Waals surface area (Å²) in [5.41, 5.74) is 5.33. The number of aliphatic hydroxyl groups excluding tert-OH is 1. The van der Waals surface area contributed by atoms with E-state index in [0.29, 0.717) is 12.5 Å². The van der Waals surface area contributed by atoms with E-state index in [-0.39, 0.29) is 6.10 Å². The van der Waals surface area contributed by atoms with Crippen molar-refractivity contribution < 1.29 is 5.11 Å². The SMILES string of the molecule is NCCC(O)C1CCSC1. The van der Waals surface area contributed by atoms with Gasteiger partial charge in [0.05, 0.1) is 6.10 Å². The van der Waals surface area contributed by atoms with Gasteiger partial charge in [0.15, 0.2) is 0 Å². The van der Waals surface area contributed by atoms with Crippen molar-refractivity contribution in [2.75, 3.05) is 18.1 Å². The average molecular weight is 161 g/mol. The molecular weight excluding hydrogens is 146 g/mol. The van der Waals surface area contributed by atoms with Crippen LogP contribution in [0.15, 0.2) is 0 Å². The molecule has 3 heteroatoms. The summed E-state index contributed by atoms with van der Waals surface area (Å²) in [7, 11) is 0. The number of hydrogen-bond acceptors (Lipinski definition) is 3. The Balaban J connectivity index is 2.18. The first kappa shape index (κ1) is 8.37. The molecule has 1 aliphatic rings. The van der Waals surface area contributed by atoms with Gasteiger partial charge in [-0.05, 0) is 36.8 Å². The largest absolute Gasteiger partial charge is 0.393 e. The third-order valence-electron chi connectivity index (χ3n) is 1.97. The lowest BCUT2D eigenvalue weighted by Gasteiger charge is -2.15. The van der Waals surface area contributed by atoms with Gasteiger partial charge in [-0.15, -0.1) is 0 Å². The molecule has 3 N–H and O–H groups in total. The van der Waals surface area contributed by atoms with E-state index in [1.807, 2.05) is 11.8 Å². The number of hydrogen-bond donors (Lipinski definition) is 2. The molecule has 10 heavy (non-hydrogen) atoms. The monoisotopic (exact) mass is 161 g/mol. The molecule has 0 saturated carbocycles. The molecule has 0 aromatic heterocycles. The lowest BCUT2D eigenvalue weighted by molar-refractivity contribution is 0.113. The second-order valence-corrected chi connectivity index (χ2v) is 3.92. The van der Waals surface area contributed by atoms with Gasteiger partial charge >= 0.3 is 0 Å². The summed E-state index contributed by atoms with van der Waals surface area (Å²) in [5.74, 6) is 2.86. The highest BCUT2D eigenvalue weighted by molar-refractivity contribution is 7.99. The van der Waals surface area contributed by atoms with Gasteiger partial charge < -0.3 is 10.8 Å². The minimum absolute atomic E-state index is 0.139. The van der Waals surface area contributed by atoms with Crippen molar-refractivity contribution in [1.82, 2.24) is 0 Å². The quantitative estimate of drug-likeness (QED) is 0.631. The highest BCUT2D eigenvalue weighted by Gasteiger charge is 2.22. The van der Waals surface area contributed by atoms with E-state index in [2.05, 4.69) is 0 Å². The van der Waals surface area contributed by atoms with E-state index < -0.39 is 0 Å². The van der Waals surface area contributed by atoms with Crippen molar-refractivity contribution in [1.29, 1.82) is 0 Å². The summed E-state index contributed by atoms with van der Waals surface area (Å²) in [6.45, 7) is 0.613. The first-order chi connectivity index (χ1) is 4.84. The maximum atomic E-state index is 9.46. The van der Waals surface area contributed by atoms with E-state index in [1.54, 1.807) is 0 Å². The summed E-state index contributed by atoms with van der Waals surface area (Å²) in [4.78, 5) is 0. The van der Waals surface area contributed by atoms with Crippen LogP contribution in [0.1, 0.15) is 12.8 Å². The molecule has 2 atom stereocenters. The molecule has 1 aliphatic heterocycles. The molecule has 2 unspecified atom stereocenters. The predicted molar refractivity (Wildman–Crippen MR) is 45.1 cm³/mol. The van der Waals surface area contributed by atoms with Gasteiger partial charge in [-0.3, -0.25) is 0 Å². The van der Waals surface area contributed by atoms with Crippen LogP contribution in [-0.4, -0.2) is 29.3 Å². The Kier molecular flexibility index (Phi) is 3.52. The van der Waals surface area contributed by atoms with E-state index in [0.717, 1.165) is 12.2 Å². The van der Waals surface area contributed by atoms with Gasteiger partial charge in [-0.2, -0.15) is 11.8 Å². The molecule has 1 rings (SSSR count). The standard InChI is InChI=1S/C7H15NOS/c8-3-1-7(9)6-2-4-10-5-6/h6-7,9H,1-5,8H2. The fourth-order valence-corrected chi connectivity index (χ4v) is 2.59. The first-order valence-corrected chi connectivity index (χ1v) is 4.96. The van der Waals surface area contributed by atoms with E-state index >= 15 is 0 Å². The van der Waals surface area contributed by atoms with Crippen molar-refractivity contribution in [3.8, 4) is 0 Å². The van der Waals surface area contributed by atoms with Gasteiger partial charge in [0.2, 0.25) is 0 Å². The predicted octanol–water partition coefficient (Wildman–Crippen LogP) is 0.449. The summed E-state index contributed by atoms with van der Waals surface area (Å²) >= 11 is 1.94. The summed E-state index contributed by atoms with van der Waals surface area (Å²) in [6.07, 6.45) is 1.80. The third-order valence-corrected chi connectivity index (χ3v) is 3.16. The Morgan fingerprint density at radius 2 is 2.50 bits per heavy atom. The van der Waals surface area contributed by atoms with Gasteiger partial charge in [-0.25, -0.2) is 0 Å². The summed E-state index contributed by atoms with van der Waals surface area (Å²) in [5, 5.41) is 9.46. The number of aliphatic hydroxyl groups is 1. The van der Waals surface area contributed by atoms with Crippen LogP contribution >= 0.6 is 11.8 Å². The Labute approximate surface area is 66.2 Å². The second kappa shape index (κ2) is 4.21. The topological polar surface area (TPSA) is 46.2 Å². The van der Waals surface area contributed by atoms with Crippen LogP contribution < -0.4 is 5.73 Å². The van der Waals surface area contributed by atoms with Crippen LogP contribution in [-0.2, 0) is 0 Å². The lowest BCUT2D eigenvalue weighted by atomic mass is 10.00. The van der Waals surface area contributed by atoms with Crippen molar-refractivity contribution in [2.45, 2.75) is 18.9 Å². The van der Waals surface area contributed by atoms with Gasteiger partial charge in [0.25, 0.3) is 0 Å². The summed E-state index contributed by atoms with van der Waals surface area (Å²) in [6, 6.07) is 0. The second-order valence-electron chi connectivity index (χ2n) is 2.77. The highest BCUT2D eigenvalue weighted by atomic mass is 32.2. The molecule has 1 saturated heterocycles. The van der Waals surface area contributed by atoms with Crippen molar-refractivity contribution in [2.24, 2.45) is 11.7 Å². The molecule has 0 radical (unpaired) electrons. The van der Waals surface area contributed by atoms with Crippen LogP contribution in [0.4, 0.5) is 0 Å². The van der Waals surface area contributed by atoms with Gasteiger partial charge in [0, 0.05) is 0 Å². The minimum atomic E-state index is -0.139. The van der Waals surface area contributed by atoms with Crippen LogP contribution in [0, 0.1) is 5.92 Å². The van der Waals surface area contributed by atoms with E-state index in [1.165, 1.54) is 12.2 Å². The van der Waals surface area contributed by atoms with E-state index in [9.17, 15) is 5.11 Å². The smallest absolute Gasteiger partial charge is 0.0588 e. The molecule has 60 valence electrons. The maximum absolute atomic E-state index is 9.46. The van der Waals surface area contributed by atoms with Gasteiger partial charge in [-0.1, -0.05) is 0 Å². The molecular formula is C7H15NOS. The highest BCUT2D eigenvalue weighted by Crippen LogP contribution is 2.26. The van der Waals surface area contributed by atoms with Crippen molar-refractivity contribution in [3.05, 3.63) is 0 Å². The maximum Gasteiger partial charge on any atom is 0.0588 e. The Morgan fingerprint density at radius 3 is 3.00 bits per heavy atom. The Bertz CT molecular complexity index is 93.6. The molecule has 0 amide bonds. The average Bonchev–Trinajstić information content (AvgIpc) is 2.38. The number of thioether (sulfide) groups is 1. The lowest BCUT2D eigenvalue weighted by Crippen LogP contribution is -2.23. The number of rotatable bonds is 3. The zero-order valence-corrected chi connectivity index (χ0v) is 6.94. The zero-order chi connectivity index (χ0) is 7.40. The summed E-state index contributed by atoms with van der Waals surface area (Å²) < 4.78 is 0. The fourth-order valence-electron chi connectivity index (χ4n) is 1.26. The van der Waals surface area contributed by atoms with Crippen LogP contribution in [0.2, 0.25) is 0 Å². The Morgan fingerprint density at radius 1 is 1.70 bits per heavy atom. The third kappa shape index (κ3) is 2.15. The first-order valence-electron chi connectivity index (χ1n) is 3.80. The molecule has 0 aromatic carbocycles.